The summed E-state index contributed by atoms with van der Waals surface area (Å²) < 4.78 is 32.2. The SMILES string of the molecule is CC(=O)SCC1OC(OCCCO)C(OCc2ccccc2)C(OCc2ccccc2)C1OCc1ccccc1. The molecule has 1 saturated heterocycles. The molecule has 0 amide bonds. The Hall–Kier alpha value is -2.56. The maximum absolute atomic E-state index is 11.9. The minimum atomic E-state index is -0.773. The summed E-state index contributed by atoms with van der Waals surface area (Å²) in [6, 6.07) is 29.8. The maximum Gasteiger partial charge on any atom is 0.186 e. The molecule has 1 fully saturated rings. The Bertz CT molecular complexity index is 1120. The lowest BCUT2D eigenvalue weighted by Crippen LogP contribution is -2.61. The summed E-state index contributed by atoms with van der Waals surface area (Å²) in [5.74, 6) is 0.380. The Balaban J connectivity index is 1.63. The summed E-state index contributed by atoms with van der Waals surface area (Å²) in [5.41, 5.74) is 3.05. The van der Waals surface area contributed by atoms with Crippen LogP contribution in [0.1, 0.15) is 30.0 Å². The minimum Gasteiger partial charge on any atom is -0.396 e. The van der Waals surface area contributed by atoms with Gasteiger partial charge in [0, 0.05) is 19.3 Å². The molecule has 0 radical (unpaired) electrons. The Morgan fingerprint density at radius 3 is 1.68 bits per heavy atom. The van der Waals surface area contributed by atoms with Gasteiger partial charge in [-0.1, -0.05) is 103 Å². The van der Waals surface area contributed by atoms with Crippen LogP contribution in [0.25, 0.3) is 0 Å². The van der Waals surface area contributed by atoms with Gasteiger partial charge in [0.05, 0.1) is 32.5 Å². The van der Waals surface area contributed by atoms with Crippen molar-refractivity contribution in [2.45, 2.75) is 63.9 Å². The zero-order chi connectivity index (χ0) is 28.0. The summed E-state index contributed by atoms with van der Waals surface area (Å²) in [6.45, 7) is 2.86. The van der Waals surface area contributed by atoms with Crippen molar-refractivity contribution in [3.05, 3.63) is 108 Å². The fourth-order valence-electron chi connectivity index (χ4n) is 4.48. The summed E-state index contributed by atoms with van der Waals surface area (Å²) >= 11 is 1.19. The van der Waals surface area contributed by atoms with Crippen molar-refractivity contribution in [1.29, 1.82) is 0 Å². The third-order valence-corrected chi connectivity index (χ3v) is 7.38. The molecule has 40 heavy (non-hydrogen) atoms. The van der Waals surface area contributed by atoms with E-state index in [1.54, 1.807) is 0 Å². The molecule has 0 spiro atoms. The molecule has 0 bridgehead atoms. The number of rotatable bonds is 15. The molecule has 0 aromatic heterocycles. The molecule has 7 nitrogen and oxygen atoms in total. The quantitative estimate of drug-likeness (QED) is 0.253. The van der Waals surface area contributed by atoms with Gasteiger partial charge in [-0.2, -0.15) is 0 Å². The van der Waals surface area contributed by atoms with E-state index in [0.717, 1.165) is 16.7 Å². The van der Waals surface area contributed by atoms with E-state index in [2.05, 4.69) is 0 Å². The Labute approximate surface area is 240 Å². The molecular weight excluding hydrogens is 528 g/mol. The van der Waals surface area contributed by atoms with Crippen LogP contribution in [-0.2, 0) is 48.3 Å². The first kappa shape index (κ1) is 30.4. The van der Waals surface area contributed by atoms with Crippen LogP contribution in [0.2, 0.25) is 0 Å². The molecule has 3 aromatic carbocycles. The summed E-state index contributed by atoms with van der Waals surface area (Å²) in [5, 5.41) is 9.35. The molecule has 1 heterocycles. The van der Waals surface area contributed by atoms with E-state index in [0.29, 0.717) is 38.6 Å². The van der Waals surface area contributed by atoms with Crippen LogP contribution >= 0.6 is 11.8 Å². The van der Waals surface area contributed by atoms with Crippen molar-refractivity contribution in [2.24, 2.45) is 0 Å². The van der Waals surface area contributed by atoms with Crippen LogP contribution < -0.4 is 0 Å². The molecule has 4 rings (SSSR count). The van der Waals surface area contributed by atoms with Gasteiger partial charge in [0.25, 0.3) is 0 Å². The standard InChI is InChI=1S/C32H38O7S/c1-24(34)40-23-28-29(36-20-25-12-5-2-6-13-25)30(37-21-26-14-7-3-8-15-26)31(32(39-28)35-19-11-18-33)38-22-27-16-9-4-10-17-27/h2-10,12-17,28-33H,11,18-23H2,1H3. The maximum atomic E-state index is 11.9. The van der Waals surface area contributed by atoms with Crippen LogP contribution in [-0.4, -0.2) is 59.9 Å². The molecule has 1 aliphatic heterocycles. The molecule has 8 heteroatoms. The van der Waals surface area contributed by atoms with Gasteiger partial charge in [0.15, 0.2) is 11.4 Å². The molecule has 5 unspecified atom stereocenters. The zero-order valence-corrected chi connectivity index (χ0v) is 23.6. The molecule has 214 valence electrons. The van der Waals surface area contributed by atoms with Crippen LogP contribution in [0.4, 0.5) is 0 Å². The lowest BCUT2D eigenvalue weighted by atomic mass is 9.98. The highest BCUT2D eigenvalue weighted by molar-refractivity contribution is 8.13. The second kappa shape index (κ2) is 16.6. The molecule has 3 aromatic rings. The largest absolute Gasteiger partial charge is 0.396 e. The van der Waals surface area contributed by atoms with E-state index in [-0.39, 0.29) is 11.7 Å². The molecule has 1 aliphatic rings. The monoisotopic (exact) mass is 566 g/mol. The van der Waals surface area contributed by atoms with Crippen LogP contribution in [0.5, 0.6) is 0 Å². The lowest BCUT2D eigenvalue weighted by molar-refractivity contribution is -0.319. The number of thioether (sulfide) groups is 1. The lowest BCUT2D eigenvalue weighted by Gasteiger charge is -2.46. The number of hydrogen-bond acceptors (Lipinski definition) is 8. The highest BCUT2D eigenvalue weighted by atomic mass is 32.2. The number of benzene rings is 3. The average molecular weight is 567 g/mol. The topological polar surface area (TPSA) is 83.5 Å². The fourth-order valence-corrected chi connectivity index (χ4v) is 5.14. The third-order valence-electron chi connectivity index (χ3n) is 6.48. The zero-order valence-electron chi connectivity index (χ0n) is 22.8. The van der Waals surface area contributed by atoms with Crippen LogP contribution in [0.15, 0.2) is 91.0 Å². The van der Waals surface area contributed by atoms with Crippen molar-refractivity contribution in [1.82, 2.24) is 0 Å². The van der Waals surface area contributed by atoms with Gasteiger partial charge < -0.3 is 28.8 Å². The van der Waals surface area contributed by atoms with Crippen molar-refractivity contribution in [2.75, 3.05) is 19.0 Å². The van der Waals surface area contributed by atoms with E-state index in [1.807, 2.05) is 91.0 Å². The predicted octanol–water partition coefficient (Wildman–Crippen LogP) is 5.15. The van der Waals surface area contributed by atoms with Crippen molar-refractivity contribution < 1.29 is 33.6 Å². The number of aliphatic hydroxyl groups is 1. The smallest absolute Gasteiger partial charge is 0.186 e. The molecule has 0 saturated carbocycles. The highest BCUT2D eigenvalue weighted by Gasteiger charge is 2.49. The second-order valence-electron chi connectivity index (χ2n) is 9.58. The van der Waals surface area contributed by atoms with Gasteiger partial charge in [-0.3, -0.25) is 4.79 Å². The first-order valence-electron chi connectivity index (χ1n) is 13.6. The fraction of sp³-hybridized carbons (Fsp3) is 0.406. The Kier molecular flexibility index (Phi) is 12.6. The van der Waals surface area contributed by atoms with E-state index >= 15 is 0 Å². The summed E-state index contributed by atoms with van der Waals surface area (Å²) in [7, 11) is 0. The van der Waals surface area contributed by atoms with E-state index in [1.165, 1.54) is 18.7 Å². The van der Waals surface area contributed by atoms with Gasteiger partial charge in [0.2, 0.25) is 0 Å². The summed E-state index contributed by atoms with van der Waals surface area (Å²) in [6.07, 6.45) is -2.52. The van der Waals surface area contributed by atoms with Gasteiger partial charge >= 0.3 is 0 Å². The Morgan fingerprint density at radius 2 is 1.20 bits per heavy atom. The number of aliphatic hydroxyl groups excluding tert-OH is 1. The minimum absolute atomic E-state index is 0.00260. The number of carbonyl (C=O) groups is 1. The first-order chi connectivity index (χ1) is 19.6. The van der Waals surface area contributed by atoms with E-state index < -0.39 is 30.7 Å². The van der Waals surface area contributed by atoms with Gasteiger partial charge in [-0.05, 0) is 23.1 Å². The molecule has 1 N–H and O–H groups in total. The van der Waals surface area contributed by atoms with Crippen molar-refractivity contribution >= 4 is 16.9 Å². The van der Waals surface area contributed by atoms with Crippen LogP contribution in [0, 0.1) is 0 Å². The molecular formula is C32H38O7S. The second-order valence-corrected chi connectivity index (χ2v) is 10.8. The van der Waals surface area contributed by atoms with E-state index in [9.17, 15) is 9.90 Å². The van der Waals surface area contributed by atoms with Gasteiger partial charge in [-0.25, -0.2) is 0 Å². The average Bonchev–Trinajstić information content (AvgIpc) is 2.99. The molecule has 5 atom stereocenters. The summed E-state index contributed by atoms with van der Waals surface area (Å²) in [4.78, 5) is 11.9. The Morgan fingerprint density at radius 1 is 0.725 bits per heavy atom. The van der Waals surface area contributed by atoms with Crippen molar-refractivity contribution in [3.63, 3.8) is 0 Å². The first-order valence-corrected chi connectivity index (χ1v) is 14.6. The highest BCUT2D eigenvalue weighted by Crippen LogP contribution is 2.32. The number of hydrogen-bond donors (Lipinski definition) is 1. The molecule has 0 aliphatic carbocycles. The van der Waals surface area contributed by atoms with Gasteiger partial charge in [-0.15, -0.1) is 0 Å². The number of carbonyl (C=O) groups excluding carboxylic acids is 1. The van der Waals surface area contributed by atoms with Gasteiger partial charge in [0.1, 0.15) is 18.3 Å². The van der Waals surface area contributed by atoms with Crippen LogP contribution in [0.3, 0.4) is 0 Å². The third kappa shape index (κ3) is 9.52. The van der Waals surface area contributed by atoms with E-state index in [4.69, 9.17) is 23.7 Å². The normalized spacial score (nSPS) is 22.7. The predicted molar refractivity (Wildman–Crippen MR) is 155 cm³/mol. The number of ether oxygens (including phenoxy) is 5. The van der Waals surface area contributed by atoms with Crippen molar-refractivity contribution in [3.8, 4) is 0 Å².